The fourth-order valence-corrected chi connectivity index (χ4v) is 1.10. The van der Waals surface area contributed by atoms with Crippen molar-refractivity contribution in [3.05, 3.63) is 24.9 Å². The van der Waals surface area contributed by atoms with E-state index in [1.54, 1.807) is 13.8 Å². The van der Waals surface area contributed by atoms with Crippen LogP contribution < -0.4 is 0 Å². The number of aliphatic hydroxyl groups is 3. The largest absolute Gasteiger partial charge is 2.00 e. The minimum Gasteiger partial charge on any atom is -0.594 e. The van der Waals surface area contributed by atoms with E-state index in [2.05, 4.69) is 0 Å². The molecule has 0 spiro atoms. The van der Waals surface area contributed by atoms with Gasteiger partial charge in [0.2, 0.25) is 0 Å². The molecule has 0 saturated heterocycles. The first-order valence-electron chi connectivity index (χ1n) is 3.77. The first-order chi connectivity index (χ1) is 5.57. The quantitative estimate of drug-likeness (QED) is 0.584. The average Bonchev–Trinajstić information content (AvgIpc) is 2.08. The third-order valence-corrected chi connectivity index (χ3v) is 2.05. The van der Waals surface area contributed by atoms with Crippen molar-refractivity contribution in [1.82, 2.24) is 0 Å². The van der Waals surface area contributed by atoms with Gasteiger partial charge < -0.3 is 27.5 Å². The molecule has 2 atom stereocenters. The van der Waals surface area contributed by atoms with Gasteiger partial charge in [-0.25, -0.2) is 0 Å². The Hall–Kier alpha value is -0.0736. The molecule has 0 aliphatic carbocycles. The molecule has 0 aromatic heterocycles. The van der Waals surface area contributed by atoms with Gasteiger partial charge in [0.15, 0.2) is 0 Å². The SMILES string of the molecule is CC1=C(O)[C@@H](O)C(CO)O[C-]1C.[CH3-].[Os+2]. The molecule has 1 heterocycles. The summed E-state index contributed by atoms with van der Waals surface area (Å²) in [6.45, 7) is 3.03. The maximum atomic E-state index is 9.34. The van der Waals surface area contributed by atoms with Crippen LogP contribution in [0, 0.1) is 13.5 Å². The monoisotopic (exact) mass is 380 g/mol. The van der Waals surface area contributed by atoms with Crippen molar-refractivity contribution in [3.63, 3.8) is 0 Å². The van der Waals surface area contributed by atoms with E-state index in [1.807, 2.05) is 0 Å². The summed E-state index contributed by atoms with van der Waals surface area (Å²) in [4.78, 5) is 0. The van der Waals surface area contributed by atoms with Crippen molar-refractivity contribution in [1.29, 1.82) is 0 Å². The predicted octanol–water partition coefficient (Wildman–Crippen LogP) is 0.570. The molecule has 1 aliphatic heterocycles. The van der Waals surface area contributed by atoms with Gasteiger partial charge in [0.25, 0.3) is 0 Å². The summed E-state index contributed by atoms with van der Waals surface area (Å²) < 4.78 is 5.13. The van der Waals surface area contributed by atoms with Crippen molar-refractivity contribution in [2.24, 2.45) is 0 Å². The van der Waals surface area contributed by atoms with Crippen LogP contribution in [0.25, 0.3) is 0 Å². The predicted molar refractivity (Wildman–Crippen MR) is 48.6 cm³/mol. The summed E-state index contributed by atoms with van der Waals surface area (Å²) in [6.07, 6.45) is -1.32. The molecule has 0 aromatic carbocycles. The minimum atomic E-state index is -1.11. The van der Waals surface area contributed by atoms with Crippen LogP contribution in [0.4, 0.5) is 0 Å². The van der Waals surface area contributed by atoms with E-state index in [9.17, 15) is 10.2 Å². The van der Waals surface area contributed by atoms with Crippen molar-refractivity contribution in [2.45, 2.75) is 26.1 Å². The molecule has 0 amide bonds. The normalized spacial score (nSPS) is 26.7. The van der Waals surface area contributed by atoms with Gasteiger partial charge in [0.1, 0.15) is 0 Å². The molecule has 1 unspecified atom stereocenters. The molecular formula is C9H16O4Os. The van der Waals surface area contributed by atoms with Crippen LogP contribution in [0.1, 0.15) is 13.8 Å². The molecule has 0 aromatic rings. The van der Waals surface area contributed by atoms with Crippen LogP contribution in [0.15, 0.2) is 11.3 Å². The van der Waals surface area contributed by atoms with Crippen LogP contribution >= 0.6 is 0 Å². The minimum absolute atomic E-state index is 0. The zero-order valence-electron chi connectivity index (χ0n) is 8.47. The molecule has 84 valence electrons. The van der Waals surface area contributed by atoms with Gasteiger partial charge in [0, 0.05) is 0 Å². The topological polar surface area (TPSA) is 69.9 Å². The number of rotatable bonds is 1. The molecule has 0 radical (unpaired) electrons. The zero-order chi connectivity index (χ0) is 9.30. The van der Waals surface area contributed by atoms with E-state index in [1.165, 1.54) is 0 Å². The summed E-state index contributed by atoms with van der Waals surface area (Å²) in [5, 5.41) is 27.4. The molecule has 14 heavy (non-hydrogen) atoms. The van der Waals surface area contributed by atoms with Gasteiger partial charge in [-0.1, -0.05) is 20.0 Å². The van der Waals surface area contributed by atoms with Crippen LogP contribution in [0.5, 0.6) is 0 Å². The smallest absolute Gasteiger partial charge is 0.594 e. The van der Waals surface area contributed by atoms with Crippen LogP contribution in [0.3, 0.4) is 0 Å². The maximum absolute atomic E-state index is 9.34. The second kappa shape index (κ2) is 6.42. The van der Waals surface area contributed by atoms with Gasteiger partial charge in [-0.2, -0.15) is 0 Å². The molecule has 1 aliphatic rings. The Labute approximate surface area is 97.6 Å². The Morgan fingerprint density at radius 1 is 1.50 bits per heavy atom. The number of hydrogen-bond donors (Lipinski definition) is 3. The van der Waals surface area contributed by atoms with Crippen molar-refractivity contribution < 1.29 is 39.8 Å². The summed E-state index contributed by atoms with van der Waals surface area (Å²) >= 11 is 0. The Morgan fingerprint density at radius 2 is 2.00 bits per heavy atom. The maximum Gasteiger partial charge on any atom is 2.00 e. The van der Waals surface area contributed by atoms with Crippen LogP contribution in [-0.2, 0) is 24.5 Å². The molecule has 5 heteroatoms. The molecule has 0 fully saturated rings. The Balaban J connectivity index is 0. The number of hydrogen-bond acceptors (Lipinski definition) is 4. The van der Waals surface area contributed by atoms with Crippen molar-refractivity contribution >= 4 is 0 Å². The van der Waals surface area contributed by atoms with E-state index in [4.69, 9.17) is 9.84 Å². The van der Waals surface area contributed by atoms with Crippen molar-refractivity contribution in [2.75, 3.05) is 6.61 Å². The zero-order valence-corrected chi connectivity index (χ0v) is 11.0. The van der Waals surface area contributed by atoms with E-state index >= 15 is 0 Å². The number of ether oxygens (including phenoxy) is 1. The van der Waals surface area contributed by atoms with Crippen molar-refractivity contribution in [3.8, 4) is 0 Å². The molecule has 1 rings (SSSR count). The third-order valence-electron chi connectivity index (χ3n) is 2.05. The van der Waals surface area contributed by atoms with Gasteiger partial charge in [-0.3, -0.25) is 0 Å². The van der Waals surface area contributed by atoms with Crippen LogP contribution in [-0.4, -0.2) is 34.1 Å². The van der Waals surface area contributed by atoms with Crippen LogP contribution in [0.2, 0.25) is 0 Å². The van der Waals surface area contributed by atoms with Gasteiger partial charge in [-0.15, -0.1) is 5.57 Å². The summed E-state index contributed by atoms with van der Waals surface area (Å²) in [7, 11) is 0. The van der Waals surface area contributed by atoms with Gasteiger partial charge in [-0.05, 0) is 5.76 Å². The van der Waals surface area contributed by atoms with E-state index in [0.717, 1.165) is 0 Å². The Bertz CT molecular complexity index is 205. The summed E-state index contributed by atoms with van der Waals surface area (Å²) in [5.74, 6) is -0.113. The van der Waals surface area contributed by atoms with E-state index in [0.29, 0.717) is 11.7 Å². The third kappa shape index (κ3) is 2.96. The fraction of sp³-hybridized carbons (Fsp3) is 0.556. The first kappa shape index (κ1) is 16.4. The second-order valence-corrected chi connectivity index (χ2v) is 2.85. The molecule has 4 nitrogen and oxygen atoms in total. The molecule has 3 N–H and O–H groups in total. The Kier molecular flexibility index (Phi) is 7.50. The van der Waals surface area contributed by atoms with Gasteiger partial charge in [0.05, 0.1) is 18.8 Å². The summed E-state index contributed by atoms with van der Waals surface area (Å²) in [6, 6.07) is 0. The summed E-state index contributed by atoms with van der Waals surface area (Å²) in [5.41, 5.74) is 0.534. The molecule has 0 bridgehead atoms. The second-order valence-electron chi connectivity index (χ2n) is 2.85. The van der Waals surface area contributed by atoms with Gasteiger partial charge >= 0.3 is 19.8 Å². The number of aliphatic hydroxyl groups excluding tert-OH is 3. The Morgan fingerprint density at radius 3 is 2.43 bits per heavy atom. The average molecular weight is 378 g/mol. The van der Waals surface area contributed by atoms with E-state index < -0.39 is 12.2 Å². The standard InChI is InChI=1S/C8H13O4.CH3.Os/c1-4-5(2)12-6(3-9)8(11)7(4)10;;/h6,8-11H,3H2,1-2H3;1H3;/q2*-1;+2/t6?,8-;;/m0../s1. The first-order valence-corrected chi connectivity index (χ1v) is 3.77. The molecule has 0 saturated carbocycles. The molecular weight excluding hydrogens is 362 g/mol. The fourth-order valence-electron chi connectivity index (χ4n) is 1.10. The van der Waals surface area contributed by atoms with E-state index in [-0.39, 0.29) is 39.6 Å².